The largest absolute Gasteiger partial charge is 0.486 e. The molecule has 0 fully saturated rings. The minimum Gasteiger partial charge on any atom is -0.486 e. The predicted octanol–water partition coefficient (Wildman–Crippen LogP) is 2.07. The van der Waals surface area contributed by atoms with E-state index in [1.165, 1.54) is 0 Å². The fraction of sp³-hybridized carbons (Fsp3) is 0.462. The third kappa shape index (κ3) is 2.97. The normalized spacial score (nSPS) is 13.5. The lowest BCUT2D eigenvalue weighted by Crippen LogP contribution is -2.16. The maximum atomic E-state index is 11.8. The Kier molecular flexibility index (Phi) is 3.98. The minimum atomic E-state index is 0.0652. The number of ether oxygens (including phenoxy) is 3. The van der Waals surface area contributed by atoms with Crippen molar-refractivity contribution in [2.45, 2.75) is 13.3 Å². The number of carbonyl (C=O) groups excluding carboxylic acids is 1. The highest BCUT2D eigenvalue weighted by Crippen LogP contribution is 2.30. The van der Waals surface area contributed by atoms with E-state index >= 15 is 0 Å². The Morgan fingerprint density at radius 1 is 1.29 bits per heavy atom. The van der Waals surface area contributed by atoms with Crippen molar-refractivity contribution in [1.29, 1.82) is 0 Å². The van der Waals surface area contributed by atoms with Crippen LogP contribution in [0.25, 0.3) is 0 Å². The molecule has 0 amide bonds. The van der Waals surface area contributed by atoms with Crippen LogP contribution in [0.5, 0.6) is 11.5 Å². The summed E-state index contributed by atoms with van der Waals surface area (Å²) in [5.74, 6) is 1.42. The van der Waals surface area contributed by atoms with E-state index in [1.807, 2.05) is 6.92 Å². The number of carbonyl (C=O) groups is 1. The van der Waals surface area contributed by atoms with Crippen molar-refractivity contribution in [2.24, 2.45) is 0 Å². The molecule has 17 heavy (non-hydrogen) atoms. The van der Waals surface area contributed by atoms with Crippen molar-refractivity contribution in [2.75, 3.05) is 26.4 Å². The van der Waals surface area contributed by atoms with Crippen LogP contribution in [0.4, 0.5) is 0 Å². The molecule has 4 heteroatoms. The summed E-state index contributed by atoms with van der Waals surface area (Å²) in [4.78, 5) is 11.8. The first-order chi connectivity index (χ1) is 8.31. The molecule has 0 saturated carbocycles. The number of hydrogen-bond donors (Lipinski definition) is 0. The van der Waals surface area contributed by atoms with Gasteiger partial charge in [0.2, 0.25) is 0 Å². The summed E-state index contributed by atoms with van der Waals surface area (Å²) >= 11 is 0. The zero-order valence-corrected chi connectivity index (χ0v) is 9.90. The molecule has 0 aliphatic carbocycles. The molecule has 0 radical (unpaired) electrons. The van der Waals surface area contributed by atoms with Crippen molar-refractivity contribution in [1.82, 2.24) is 0 Å². The van der Waals surface area contributed by atoms with E-state index in [4.69, 9.17) is 14.2 Å². The average Bonchev–Trinajstić information content (AvgIpc) is 2.38. The molecule has 0 unspecified atom stereocenters. The number of Topliss-reactive ketones (excluding diaryl/α,β-unsaturated/α-hetero) is 1. The molecule has 1 aliphatic rings. The Balaban J connectivity index is 2.03. The van der Waals surface area contributed by atoms with Crippen LogP contribution in [-0.4, -0.2) is 32.2 Å². The molecule has 1 aromatic carbocycles. The van der Waals surface area contributed by atoms with Gasteiger partial charge in [-0.05, 0) is 25.1 Å². The Morgan fingerprint density at radius 3 is 2.82 bits per heavy atom. The van der Waals surface area contributed by atoms with E-state index in [9.17, 15) is 4.79 Å². The molecule has 0 atom stereocenters. The minimum absolute atomic E-state index is 0.0652. The first-order valence-corrected chi connectivity index (χ1v) is 5.82. The van der Waals surface area contributed by atoms with Crippen LogP contribution < -0.4 is 9.47 Å². The summed E-state index contributed by atoms with van der Waals surface area (Å²) in [5.41, 5.74) is 0.647. The average molecular weight is 236 g/mol. The Hall–Kier alpha value is -1.55. The van der Waals surface area contributed by atoms with Crippen LogP contribution in [-0.2, 0) is 4.74 Å². The van der Waals surface area contributed by atoms with Crippen molar-refractivity contribution >= 4 is 5.78 Å². The molecule has 1 heterocycles. The molecular weight excluding hydrogens is 220 g/mol. The Labute approximate surface area is 100 Å². The lowest BCUT2D eigenvalue weighted by molar-refractivity contribution is 0.0894. The first-order valence-electron chi connectivity index (χ1n) is 5.82. The SMILES string of the molecule is CCOCCC(=O)c1ccc2c(c1)OCCO2. The summed E-state index contributed by atoms with van der Waals surface area (Å²) < 4.78 is 16.0. The van der Waals surface area contributed by atoms with Gasteiger partial charge < -0.3 is 14.2 Å². The lowest BCUT2D eigenvalue weighted by Gasteiger charge is -2.18. The van der Waals surface area contributed by atoms with Gasteiger partial charge in [0.15, 0.2) is 17.3 Å². The monoisotopic (exact) mass is 236 g/mol. The van der Waals surface area contributed by atoms with E-state index < -0.39 is 0 Å². The quantitative estimate of drug-likeness (QED) is 0.580. The Bertz CT molecular complexity index is 400. The van der Waals surface area contributed by atoms with Crippen molar-refractivity contribution in [3.63, 3.8) is 0 Å². The van der Waals surface area contributed by atoms with Gasteiger partial charge in [-0.1, -0.05) is 0 Å². The number of fused-ring (bicyclic) bond motifs is 1. The maximum Gasteiger partial charge on any atom is 0.165 e. The highest BCUT2D eigenvalue weighted by Gasteiger charge is 2.14. The highest BCUT2D eigenvalue weighted by atomic mass is 16.6. The van der Waals surface area contributed by atoms with E-state index in [1.54, 1.807) is 18.2 Å². The zero-order valence-electron chi connectivity index (χ0n) is 9.90. The molecule has 1 aliphatic heterocycles. The summed E-state index contributed by atoms with van der Waals surface area (Å²) in [6.45, 7) is 4.10. The van der Waals surface area contributed by atoms with Crippen molar-refractivity contribution < 1.29 is 19.0 Å². The first kappa shape index (κ1) is 11.9. The van der Waals surface area contributed by atoms with Crippen molar-refractivity contribution in [3.8, 4) is 11.5 Å². The van der Waals surface area contributed by atoms with Crippen LogP contribution in [0.3, 0.4) is 0 Å². The summed E-state index contributed by atoms with van der Waals surface area (Å²) in [6, 6.07) is 5.28. The second-order valence-corrected chi connectivity index (χ2v) is 3.73. The van der Waals surface area contributed by atoms with Gasteiger partial charge in [-0.2, -0.15) is 0 Å². The van der Waals surface area contributed by atoms with Gasteiger partial charge in [-0.15, -0.1) is 0 Å². The number of benzene rings is 1. The van der Waals surface area contributed by atoms with Crippen molar-refractivity contribution in [3.05, 3.63) is 23.8 Å². The zero-order chi connectivity index (χ0) is 12.1. The third-order valence-corrected chi connectivity index (χ3v) is 2.54. The second-order valence-electron chi connectivity index (χ2n) is 3.73. The van der Waals surface area contributed by atoms with Gasteiger partial charge in [0, 0.05) is 18.6 Å². The molecule has 92 valence electrons. The fourth-order valence-electron chi connectivity index (χ4n) is 1.67. The van der Waals surface area contributed by atoms with E-state index in [2.05, 4.69) is 0 Å². The fourth-order valence-corrected chi connectivity index (χ4v) is 1.67. The summed E-state index contributed by atoms with van der Waals surface area (Å²) in [7, 11) is 0. The van der Waals surface area contributed by atoms with E-state index in [0.29, 0.717) is 49.9 Å². The number of hydrogen-bond acceptors (Lipinski definition) is 4. The van der Waals surface area contributed by atoms with Gasteiger partial charge in [0.1, 0.15) is 13.2 Å². The number of rotatable bonds is 5. The van der Waals surface area contributed by atoms with E-state index in [-0.39, 0.29) is 5.78 Å². The van der Waals surface area contributed by atoms with Crippen LogP contribution in [0.1, 0.15) is 23.7 Å². The molecule has 0 saturated heterocycles. The molecule has 4 nitrogen and oxygen atoms in total. The molecule has 1 aromatic rings. The topological polar surface area (TPSA) is 44.8 Å². The van der Waals surface area contributed by atoms with Crippen LogP contribution in [0.2, 0.25) is 0 Å². The van der Waals surface area contributed by atoms with Gasteiger partial charge in [-0.25, -0.2) is 0 Å². The summed E-state index contributed by atoms with van der Waals surface area (Å²) in [6.07, 6.45) is 0.396. The van der Waals surface area contributed by atoms with Gasteiger partial charge in [0.25, 0.3) is 0 Å². The van der Waals surface area contributed by atoms with Crippen LogP contribution in [0, 0.1) is 0 Å². The van der Waals surface area contributed by atoms with Crippen LogP contribution in [0.15, 0.2) is 18.2 Å². The maximum absolute atomic E-state index is 11.8. The predicted molar refractivity (Wildman–Crippen MR) is 62.9 cm³/mol. The Morgan fingerprint density at radius 2 is 2.06 bits per heavy atom. The van der Waals surface area contributed by atoms with Gasteiger partial charge >= 0.3 is 0 Å². The highest BCUT2D eigenvalue weighted by molar-refractivity contribution is 5.96. The van der Waals surface area contributed by atoms with Crippen LogP contribution >= 0.6 is 0 Å². The molecule has 0 spiro atoms. The molecule has 0 bridgehead atoms. The lowest BCUT2D eigenvalue weighted by atomic mass is 10.1. The number of ketones is 1. The molecule has 0 aromatic heterocycles. The molecule has 0 N–H and O–H groups in total. The smallest absolute Gasteiger partial charge is 0.165 e. The van der Waals surface area contributed by atoms with E-state index in [0.717, 1.165) is 0 Å². The van der Waals surface area contributed by atoms with Gasteiger partial charge in [0.05, 0.1) is 6.61 Å². The second kappa shape index (κ2) is 5.68. The summed E-state index contributed by atoms with van der Waals surface area (Å²) in [5, 5.41) is 0. The third-order valence-electron chi connectivity index (χ3n) is 2.54. The molecule has 2 rings (SSSR count). The standard InChI is InChI=1S/C13H16O4/c1-2-15-6-5-11(14)10-3-4-12-13(9-10)17-8-7-16-12/h3-4,9H,2,5-8H2,1H3. The van der Waals surface area contributed by atoms with Gasteiger partial charge in [-0.3, -0.25) is 4.79 Å². The molecular formula is C13H16O4.